The Morgan fingerprint density at radius 1 is 1.12 bits per heavy atom. The van der Waals surface area contributed by atoms with Gasteiger partial charge in [0.05, 0.1) is 0 Å². The van der Waals surface area contributed by atoms with Crippen molar-refractivity contribution in [1.82, 2.24) is 0 Å². The van der Waals surface area contributed by atoms with Gasteiger partial charge in [0.1, 0.15) is 5.75 Å². The van der Waals surface area contributed by atoms with Crippen LogP contribution < -0.4 is 4.18 Å². The molecule has 142 valence electrons. The van der Waals surface area contributed by atoms with Gasteiger partial charge in [-0.15, -0.1) is 0 Å². The van der Waals surface area contributed by atoms with Crippen molar-refractivity contribution >= 4 is 18.9 Å². The Hall–Kier alpha value is -1.02. The second-order valence-electron chi connectivity index (χ2n) is 6.77. The van der Waals surface area contributed by atoms with Crippen molar-refractivity contribution in [2.45, 2.75) is 68.6 Å². The predicted octanol–water partition coefficient (Wildman–Crippen LogP) is 5.21. The number of hydrogen-bond donors (Lipinski definition) is 0. The van der Waals surface area contributed by atoms with E-state index in [1.807, 2.05) is 0 Å². The Balaban J connectivity index is 1.89. The summed E-state index contributed by atoms with van der Waals surface area (Å²) in [5.41, 5.74) is -4.36. The fraction of sp³-hybridized carbons (Fsp3) is 0.647. The van der Waals surface area contributed by atoms with Crippen LogP contribution in [0.2, 0.25) is 18.1 Å². The quantitative estimate of drug-likeness (QED) is 0.276. The third-order valence-corrected chi connectivity index (χ3v) is 9.41. The van der Waals surface area contributed by atoms with Crippen LogP contribution in [0.25, 0.3) is 0 Å². The Kier molecular flexibility index (Phi) is 6.96. The van der Waals surface area contributed by atoms with Crippen LogP contribution in [0.4, 0.5) is 13.2 Å². The molecule has 1 saturated heterocycles. The van der Waals surface area contributed by atoms with Crippen LogP contribution in [0.1, 0.15) is 50.5 Å². The Morgan fingerprint density at radius 2 is 1.72 bits per heavy atom. The van der Waals surface area contributed by atoms with Gasteiger partial charge in [0.25, 0.3) is 0 Å². The molecular formula is C17H25F3O3SSi. The van der Waals surface area contributed by atoms with E-state index in [1.165, 1.54) is 49.5 Å². The lowest BCUT2D eigenvalue weighted by Gasteiger charge is -2.28. The number of unbranched alkanes of at least 4 members (excludes halogenated alkanes) is 2. The molecule has 1 heterocycles. The molecule has 0 amide bonds. The molecule has 1 fully saturated rings. The van der Waals surface area contributed by atoms with E-state index < -0.39 is 24.4 Å². The summed E-state index contributed by atoms with van der Waals surface area (Å²) in [6.07, 6.45) is 6.17. The number of rotatable bonds is 7. The molecule has 0 spiro atoms. The van der Waals surface area contributed by atoms with E-state index >= 15 is 0 Å². The molecule has 3 nitrogen and oxygen atoms in total. The van der Waals surface area contributed by atoms with Crippen LogP contribution in [0.5, 0.6) is 5.75 Å². The van der Waals surface area contributed by atoms with Gasteiger partial charge in [-0.25, -0.2) is 0 Å². The summed E-state index contributed by atoms with van der Waals surface area (Å²) in [5, 5.41) is 0. The van der Waals surface area contributed by atoms with Crippen LogP contribution in [-0.4, -0.2) is 22.7 Å². The highest BCUT2D eigenvalue weighted by Crippen LogP contribution is 2.36. The molecule has 1 aromatic carbocycles. The highest BCUT2D eigenvalue weighted by atomic mass is 32.2. The minimum atomic E-state index is -5.60. The van der Waals surface area contributed by atoms with Crippen LogP contribution >= 0.6 is 0 Å². The molecule has 0 unspecified atom stereocenters. The third kappa shape index (κ3) is 5.74. The number of halogens is 3. The summed E-state index contributed by atoms with van der Waals surface area (Å²) in [4.78, 5) is 0. The van der Waals surface area contributed by atoms with Crippen molar-refractivity contribution < 1.29 is 25.8 Å². The molecule has 25 heavy (non-hydrogen) atoms. The minimum Gasteiger partial charge on any atom is -0.376 e. The van der Waals surface area contributed by atoms with E-state index in [4.69, 9.17) is 0 Å². The van der Waals surface area contributed by atoms with Gasteiger partial charge < -0.3 is 4.18 Å². The lowest BCUT2D eigenvalue weighted by atomic mass is 9.93. The molecule has 8 heteroatoms. The number of hydrogen-bond acceptors (Lipinski definition) is 3. The molecule has 0 aromatic heterocycles. The standard InChI is InChI=1S/C17H25F3O3SSi/c1-2-3-4-11-25-12-9-15(10-13-25)14-5-7-16(8-6-14)23-24(21,22)17(18,19)20/h5-8,15,25H,2-4,9-13H2,1H3. The topological polar surface area (TPSA) is 43.4 Å². The lowest BCUT2D eigenvalue weighted by Crippen LogP contribution is -2.28. The fourth-order valence-corrected chi connectivity index (χ4v) is 7.38. The van der Waals surface area contributed by atoms with Crippen LogP contribution in [0.3, 0.4) is 0 Å². The van der Waals surface area contributed by atoms with Crippen molar-refractivity contribution in [3.63, 3.8) is 0 Å². The molecule has 0 radical (unpaired) electrons. The van der Waals surface area contributed by atoms with Gasteiger partial charge in [-0.2, -0.15) is 21.6 Å². The van der Waals surface area contributed by atoms with Gasteiger partial charge in [-0.1, -0.05) is 56.5 Å². The van der Waals surface area contributed by atoms with Crippen molar-refractivity contribution in [2.24, 2.45) is 0 Å². The van der Waals surface area contributed by atoms with E-state index in [9.17, 15) is 21.6 Å². The summed E-state index contributed by atoms with van der Waals surface area (Å²) in [6.45, 7) is 2.21. The van der Waals surface area contributed by atoms with Gasteiger partial charge in [-0.3, -0.25) is 0 Å². The maximum Gasteiger partial charge on any atom is 0.534 e. The zero-order valence-electron chi connectivity index (χ0n) is 14.4. The average molecular weight is 395 g/mol. The molecule has 1 aliphatic rings. The summed E-state index contributed by atoms with van der Waals surface area (Å²) >= 11 is 0. The monoisotopic (exact) mass is 394 g/mol. The summed E-state index contributed by atoms with van der Waals surface area (Å²) < 4.78 is 63.1. The van der Waals surface area contributed by atoms with Crippen molar-refractivity contribution in [1.29, 1.82) is 0 Å². The SMILES string of the molecule is CCCCC[SiH]1CCC(c2ccc(OS(=O)(=O)C(F)(F)F)cc2)CC1. The Labute approximate surface area is 149 Å². The smallest absolute Gasteiger partial charge is 0.376 e. The zero-order chi connectivity index (χ0) is 18.5. The Bertz CT molecular complexity index is 636. The van der Waals surface area contributed by atoms with Gasteiger partial charge >= 0.3 is 15.6 Å². The highest BCUT2D eigenvalue weighted by Gasteiger charge is 2.48. The normalized spacial score (nSPS) is 21.9. The van der Waals surface area contributed by atoms with Crippen LogP contribution in [0.15, 0.2) is 24.3 Å². The van der Waals surface area contributed by atoms with Crippen molar-refractivity contribution in [3.8, 4) is 5.75 Å². The lowest BCUT2D eigenvalue weighted by molar-refractivity contribution is -0.0500. The molecule has 0 saturated carbocycles. The first-order valence-corrected chi connectivity index (χ1v) is 12.7. The molecule has 0 N–H and O–H groups in total. The fourth-order valence-electron chi connectivity index (χ4n) is 3.44. The first kappa shape index (κ1) is 20.3. The minimum absolute atomic E-state index is 0.302. The van der Waals surface area contributed by atoms with Crippen LogP contribution in [0, 0.1) is 0 Å². The third-order valence-electron chi connectivity index (χ3n) is 4.90. The summed E-state index contributed by atoms with van der Waals surface area (Å²) in [5.74, 6) is 0.117. The largest absolute Gasteiger partial charge is 0.534 e. The predicted molar refractivity (Wildman–Crippen MR) is 95.1 cm³/mol. The molecule has 1 aromatic rings. The molecule has 0 bridgehead atoms. The van der Waals surface area contributed by atoms with Gasteiger partial charge in [0.2, 0.25) is 0 Å². The molecule has 2 rings (SSSR count). The Morgan fingerprint density at radius 3 is 2.24 bits per heavy atom. The molecule has 0 aliphatic carbocycles. The molecular weight excluding hydrogens is 369 g/mol. The van der Waals surface area contributed by atoms with E-state index in [2.05, 4.69) is 11.1 Å². The van der Waals surface area contributed by atoms with E-state index in [0.717, 1.165) is 18.4 Å². The number of benzene rings is 1. The number of alkyl halides is 3. The van der Waals surface area contributed by atoms with E-state index in [1.54, 1.807) is 12.1 Å². The van der Waals surface area contributed by atoms with Gasteiger partial charge in [0.15, 0.2) is 0 Å². The molecule has 0 atom stereocenters. The van der Waals surface area contributed by atoms with Gasteiger partial charge in [-0.05, 0) is 36.5 Å². The average Bonchev–Trinajstić information content (AvgIpc) is 2.55. The van der Waals surface area contributed by atoms with Crippen LogP contribution in [-0.2, 0) is 10.1 Å². The zero-order valence-corrected chi connectivity index (χ0v) is 16.4. The first-order valence-electron chi connectivity index (χ1n) is 8.83. The second-order valence-corrected chi connectivity index (χ2v) is 11.8. The van der Waals surface area contributed by atoms with Gasteiger partial charge in [0, 0.05) is 8.80 Å². The van der Waals surface area contributed by atoms with E-state index in [-0.39, 0.29) is 5.75 Å². The highest BCUT2D eigenvalue weighted by molar-refractivity contribution is 7.88. The van der Waals surface area contributed by atoms with E-state index in [0.29, 0.717) is 5.92 Å². The van der Waals surface area contributed by atoms with Crippen molar-refractivity contribution in [2.75, 3.05) is 0 Å². The first-order chi connectivity index (χ1) is 11.7. The van der Waals surface area contributed by atoms with Crippen molar-refractivity contribution in [3.05, 3.63) is 29.8 Å². The molecule has 1 aliphatic heterocycles. The summed E-state index contributed by atoms with van der Waals surface area (Å²) in [6, 6.07) is 10.0. The second kappa shape index (κ2) is 8.57. The maximum absolute atomic E-state index is 12.3. The maximum atomic E-state index is 12.3. The summed E-state index contributed by atoms with van der Waals surface area (Å²) in [7, 11) is -6.21.